The highest BCUT2D eigenvalue weighted by Gasteiger charge is 2.04. The van der Waals surface area contributed by atoms with Gasteiger partial charge in [-0.15, -0.1) is 0 Å². The van der Waals surface area contributed by atoms with Crippen molar-refractivity contribution in [1.82, 2.24) is 5.23 Å². The molecule has 0 aliphatic carbocycles. The van der Waals surface area contributed by atoms with Gasteiger partial charge in [0.25, 0.3) is 0 Å². The van der Waals surface area contributed by atoms with E-state index in [4.69, 9.17) is 39.1 Å². The predicted octanol–water partition coefficient (Wildman–Crippen LogP) is -0.992. The molecule has 0 aliphatic rings. The molecule has 0 radical (unpaired) electrons. The van der Waals surface area contributed by atoms with Crippen LogP contribution >= 0.6 is 7.82 Å². The molecule has 0 aromatic carbocycles. The molecule has 0 aromatic heterocycles. The average Bonchev–Trinajstić information content (AvgIpc) is 2.26. The molecule has 0 rings (SSSR count). The molecule has 9 nitrogen and oxygen atoms in total. The van der Waals surface area contributed by atoms with Crippen LogP contribution in [0, 0.1) is 0 Å². The highest BCUT2D eigenvalue weighted by Crippen LogP contribution is 2.25. The van der Waals surface area contributed by atoms with Gasteiger partial charge < -0.3 is 24.9 Å². The largest absolute Gasteiger partial charge is 0.466 e. The second kappa shape index (κ2) is 13.3. The van der Waals surface area contributed by atoms with Gasteiger partial charge in [0.15, 0.2) is 0 Å². The SMILES string of the molecule is CCCCN(OCCO)OCCO.O=P(O)(O)O. The summed E-state index contributed by atoms with van der Waals surface area (Å²) >= 11 is 0. The van der Waals surface area contributed by atoms with Gasteiger partial charge >= 0.3 is 7.82 Å². The van der Waals surface area contributed by atoms with Crippen LogP contribution in [0.25, 0.3) is 0 Å². The molecule has 5 N–H and O–H groups in total. The van der Waals surface area contributed by atoms with Gasteiger partial charge in [0.2, 0.25) is 0 Å². The number of hydrogen-bond donors (Lipinski definition) is 5. The smallest absolute Gasteiger partial charge is 0.394 e. The van der Waals surface area contributed by atoms with Crippen molar-refractivity contribution in [2.75, 3.05) is 33.0 Å². The second-order valence-electron chi connectivity index (χ2n) is 3.04. The van der Waals surface area contributed by atoms with Gasteiger partial charge in [-0.3, -0.25) is 9.68 Å². The fraction of sp³-hybridized carbons (Fsp3) is 1.00. The van der Waals surface area contributed by atoms with E-state index in [0.29, 0.717) is 6.54 Å². The quantitative estimate of drug-likeness (QED) is 0.267. The zero-order chi connectivity index (χ0) is 14.4. The summed E-state index contributed by atoms with van der Waals surface area (Å²) in [6.07, 6.45) is 2.00. The third kappa shape index (κ3) is 24.9. The Balaban J connectivity index is 0. The molecule has 0 fully saturated rings. The van der Waals surface area contributed by atoms with E-state index in [1.54, 1.807) is 0 Å². The number of phosphoric acid groups is 1. The predicted molar refractivity (Wildman–Crippen MR) is 62.0 cm³/mol. The van der Waals surface area contributed by atoms with Crippen molar-refractivity contribution in [2.45, 2.75) is 19.8 Å². The number of rotatable bonds is 9. The molecule has 0 bridgehead atoms. The van der Waals surface area contributed by atoms with E-state index in [2.05, 4.69) is 6.92 Å². The van der Waals surface area contributed by atoms with Gasteiger partial charge in [-0.1, -0.05) is 18.6 Å². The second-order valence-corrected chi connectivity index (χ2v) is 4.06. The van der Waals surface area contributed by atoms with E-state index in [9.17, 15) is 0 Å². The third-order valence-corrected chi connectivity index (χ3v) is 1.35. The zero-order valence-corrected chi connectivity index (χ0v) is 11.2. The maximum Gasteiger partial charge on any atom is 0.466 e. The first-order valence-electron chi connectivity index (χ1n) is 5.38. The van der Waals surface area contributed by atoms with Gasteiger partial charge in [-0.05, 0) is 6.42 Å². The molecular formula is C8H22NO8P. The van der Waals surface area contributed by atoms with Crippen molar-refractivity contribution >= 4 is 7.82 Å². The molecule has 0 atom stereocenters. The highest BCUT2D eigenvalue weighted by molar-refractivity contribution is 7.45. The van der Waals surface area contributed by atoms with Crippen LogP contribution in [0.4, 0.5) is 0 Å². The van der Waals surface area contributed by atoms with E-state index >= 15 is 0 Å². The molecule has 0 aliphatic heterocycles. The molecule has 0 aromatic rings. The Bertz CT molecular complexity index is 184. The van der Waals surface area contributed by atoms with E-state index in [1.165, 1.54) is 5.23 Å². The number of nitrogens with zero attached hydrogens (tertiary/aromatic N) is 1. The monoisotopic (exact) mass is 291 g/mol. The van der Waals surface area contributed by atoms with Crippen LogP contribution in [0.3, 0.4) is 0 Å². The van der Waals surface area contributed by atoms with Crippen molar-refractivity contribution in [3.8, 4) is 0 Å². The van der Waals surface area contributed by atoms with Crippen LogP contribution in [0.1, 0.15) is 19.8 Å². The van der Waals surface area contributed by atoms with Gasteiger partial charge in [-0.25, -0.2) is 4.57 Å². The molecule has 0 amide bonds. The Labute approximate surface area is 106 Å². The van der Waals surface area contributed by atoms with Crippen molar-refractivity contribution < 1.29 is 39.1 Å². The lowest BCUT2D eigenvalue weighted by Crippen LogP contribution is -2.28. The van der Waals surface area contributed by atoms with Gasteiger partial charge in [0.05, 0.1) is 33.0 Å². The Morgan fingerprint density at radius 3 is 1.72 bits per heavy atom. The lowest BCUT2D eigenvalue weighted by molar-refractivity contribution is -0.371. The maximum atomic E-state index is 8.88. The van der Waals surface area contributed by atoms with Crippen LogP contribution in [0.2, 0.25) is 0 Å². The summed E-state index contributed by atoms with van der Waals surface area (Å²) in [5, 5.41) is 18.3. The molecule has 0 heterocycles. The molecule has 10 heteroatoms. The zero-order valence-electron chi connectivity index (χ0n) is 10.3. The summed E-state index contributed by atoms with van der Waals surface area (Å²) in [5.74, 6) is 0. The fourth-order valence-electron chi connectivity index (χ4n) is 0.739. The van der Waals surface area contributed by atoms with E-state index < -0.39 is 7.82 Å². The summed E-state index contributed by atoms with van der Waals surface area (Å²) in [5.41, 5.74) is 0. The van der Waals surface area contributed by atoms with E-state index in [-0.39, 0.29) is 26.4 Å². The van der Waals surface area contributed by atoms with Crippen LogP contribution in [0.5, 0.6) is 0 Å². The van der Waals surface area contributed by atoms with Crippen LogP contribution in [-0.4, -0.2) is 63.1 Å². The lowest BCUT2D eigenvalue weighted by atomic mass is 10.3. The van der Waals surface area contributed by atoms with E-state index in [1.807, 2.05) is 0 Å². The molecule has 0 unspecified atom stereocenters. The third-order valence-electron chi connectivity index (χ3n) is 1.35. The lowest BCUT2D eigenvalue weighted by Gasteiger charge is -2.19. The molecule has 112 valence electrons. The standard InChI is InChI=1S/C8H19NO4.H3O4P/c1-2-3-4-9(12-7-5-10)13-8-6-11;1-5(2,3)4/h10-11H,2-8H2,1H3;(H3,1,2,3,4). The van der Waals surface area contributed by atoms with Crippen molar-refractivity contribution in [2.24, 2.45) is 0 Å². The first kappa shape index (κ1) is 20.2. The minimum absolute atomic E-state index is 0.0366. The van der Waals surface area contributed by atoms with E-state index in [0.717, 1.165) is 12.8 Å². The Morgan fingerprint density at radius 1 is 1.06 bits per heavy atom. The molecule has 18 heavy (non-hydrogen) atoms. The first-order chi connectivity index (χ1) is 8.35. The van der Waals surface area contributed by atoms with Crippen LogP contribution in [-0.2, 0) is 14.2 Å². The van der Waals surface area contributed by atoms with Gasteiger partial charge in [0, 0.05) is 0 Å². The van der Waals surface area contributed by atoms with Crippen molar-refractivity contribution in [3.05, 3.63) is 0 Å². The number of aliphatic hydroxyl groups excluding tert-OH is 2. The topological polar surface area (TPSA) is 140 Å². The minimum atomic E-state index is -4.64. The maximum absolute atomic E-state index is 8.88. The summed E-state index contributed by atoms with van der Waals surface area (Å²) in [7, 11) is -4.64. The molecule has 0 saturated heterocycles. The Kier molecular flexibility index (Phi) is 15.0. The van der Waals surface area contributed by atoms with Crippen molar-refractivity contribution in [1.29, 1.82) is 0 Å². The fourth-order valence-corrected chi connectivity index (χ4v) is 0.739. The average molecular weight is 291 g/mol. The number of hydrogen-bond acceptors (Lipinski definition) is 6. The van der Waals surface area contributed by atoms with Gasteiger partial charge in [-0.2, -0.15) is 0 Å². The molecular weight excluding hydrogens is 269 g/mol. The highest BCUT2D eigenvalue weighted by atomic mass is 31.2. The normalized spacial score (nSPS) is 11.3. The first-order valence-corrected chi connectivity index (χ1v) is 6.95. The minimum Gasteiger partial charge on any atom is -0.394 e. The summed E-state index contributed by atoms with van der Waals surface area (Å²) in [4.78, 5) is 31.7. The van der Waals surface area contributed by atoms with Crippen LogP contribution in [0.15, 0.2) is 0 Å². The summed E-state index contributed by atoms with van der Waals surface area (Å²) < 4.78 is 8.88. The number of unbranched alkanes of at least 4 members (excludes halogenated alkanes) is 1. The molecule has 0 spiro atoms. The summed E-state index contributed by atoms with van der Waals surface area (Å²) in [6.45, 7) is 3.08. The van der Waals surface area contributed by atoms with Crippen LogP contribution < -0.4 is 0 Å². The van der Waals surface area contributed by atoms with Crippen molar-refractivity contribution in [3.63, 3.8) is 0 Å². The number of aliphatic hydroxyl groups is 2. The number of hydroxylamine groups is 2. The molecule has 0 saturated carbocycles. The van der Waals surface area contributed by atoms with Gasteiger partial charge in [0.1, 0.15) is 0 Å². The Morgan fingerprint density at radius 2 is 1.44 bits per heavy atom. The summed E-state index contributed by atoms with van der Waals surface area (Å²) in [6, 6.07) is 0. The Hall–Kier alpha value is -0.0900.